The number of benzene rings is 2. The molecule has 0 aliphatic carbocycles. The number of amides is 1. The normalized spacial score (nSPS) is 11.1. The zero-order valence-electron chi connectivity index (χ0n) is 14.9. The van der Waals surface area contributed by atoms with Crippen LogP contribution in [0.1, 0.15) is 38.3 Å². The molecule has 0 radical (unpaired) electrons. The van der Waals surface area contributed by atoms with E-state index in [4.69, 9.17) is 0 Å². The second-order valence-electron chi connectivity index (χ2n) is 7.06. The first-order valence-corrected chi connectivity index (χ1v) is 8.61. The average Bonchev–Trinajstić information content (AvgIpc) is 2.55. The summed E-state index contributed by atoms with van der Waals surface area (Å²) in [6.07, 6.45) is 1.35. The second kappa shape index (κ2) is 8.53. The molecule has 0 saturated carbocycles. The van der Waals surface area contributed by atoms with Gasteiger partial charge >= 0.3 is 0 Å². The monoisotopic (exact) mass is 324 g/mol. The first kappa shape index (κ1) is 18.1. The molecule has 2 rings (SSSR count). The molecule has 0 bridgehead atoms. The van der Waals surface area contributed by atoms with Gasteiger partial charge in [-0.15, -0.1) is 0 Å². The smallest absolute Gasteiger partial charge is 0.221 e. The minimum absolute atomic E-state index is 0.0849. The fraction of sp³-hybridized carbons (Fsp3) is 0.381. The van der Waals surface area contributed by atoms with Crippen LogP contribution in [-0.4, -0.2) is 19.0 Å². The molecule has 2 aromatic carbocycles. The van der Waals surface area contributed by atoms with Gasteiger partial charge in [0.2, 0.25) is 5.91 Å². The minimum Gasteiger partial charge on any atom is -0.384 e. The number of anilines is 1. The van der Waals surface area contributed by atoms with Crippen molar-refractivity contribution in [3.05, 3.63) is 65.7 Å². The van der Waals surface area contributed by atoms with E-state index in [2.05, 4.69) is 61.7 Å². The number of carbonyl (C=O) groups excluding carboxylic acids is 1. The van der Waals surface area contributed by atoms with Gasteiger partial charge in [0.15, 0.2) is 0 Å². The predicted octanol–water partition coefficient (Wildman–Crippen LogP) is 4.15. The van der Waals surface area contributed by atoms with Gasteiger partial charge in [0.05, 0.1) is 0 Å². The van der Waals surface area contributed by atoms with E-state index in [1.165, 1.54) is 11.1 Å². The summed E-state index contributed by atoms with van der Waals surface area (Å²) in [5.41, 5.74) is 3.72. The van der Waals surface area contributed by atoms with Crippen molar-refractivity contribution in [2.75, 3.05) is 18.4 Å². The molecule has 0 aromatic heterocycles. The molecule has 1 amide bonds. The van der Waals surface area contributed by atoms with Gasteiger partial charge in [-0.25, -0.2) is 0 Å². The van der Waals surface area contributed by atoms with Crippen molar-refractivity contribution in [1.29, 1.82) is 0 Å². The average molecular weight is 324 g/mol. The topological polar surface area (TPSA) is 41.1 Å². The maximum absolute atomic E-state index is 12.0. The van der Waals surface area contributed by atoms with Crippen LogP contribution in [0.4, 0.5) is 5.69 Å². The zero-order valence-corrected chi connectivity index (χ0v) is 14.9. The first-order chi connectivity index (χ1) is 11.5. The molecular formula is C21H28N2O. The van der Waals surface area contributed by atoms with Gasteiger partial charge < -0.3 is 10.6 Å². The Balaban J connectivity index is 1.73. The fourth-order valence-corrected chi connectivity index (χ4v) is 2.68. The Kier molecular flexibility index (Phi) is 6.42. The van der Waals surface area contributed by atoms with E-state index in [9.17, 15) is 4.79 Å². The third-order valence-corrected chi connectivity index (χ3v) is 3.98. The molecule has 3 nitrogen and oxygen atoms in total. The van der Waals surface area contributed by atoms with Gasteiger partial charge in [-0.3, -0.25) is 4.79 Å². The lowest BCUT2D eigenvalue weighted by atomic mass is 9.86. The van der Waals surface area contributed by atoms with Crippen molar-refractivity contribution in [1.82, 2.24) is 5.32 Å². The molecule has 24 heavy (non-hydrogen) atoms. The molecule has 2 N–H and O–H groups in total. The van der Waals surface area contributed by atoms with Gasteiger partial charge in [0, 0.05) is 25.2 Å². The Bertz CT molecular complexity index is 644. The van der Waals surface area contributed by atoms with E-state index in [0.29, 0.717) is 19.5 Å². The highest BCUT2D eigenvalue weighted by Crippen LogP contribution is 2.29. The molecule has 0 heterocycles. The first-order valence-electron chi connectivity index (χ1n) is 8.61. The summed E-state index contributed by atoms with van der Waals surface area (Å²) in [4.78, 5) is 12.0. The van der Waals surface area contributed by atoms with Crippen LogP contribution in [-0.2, 0) is 16.6 Å². The Morgan fingerprint density at radius 1 is 0.917 bits per heavy atom. The third kappa shape index (κ3) is 5.73. The number of hydrogen-bond acceptors (Lipinski definition) is 2. The molecular weight excluding hydrogens is 296 g/mol. The Hall–Kier alpha value is -2.29. The summed E-state index contributed by atoms with van der Waals surface area (Å²) >= 11 is 0. The summed E-state index contributed by atoms with van der Waals surface area (Å²) in [7, 11) is 0. The molecule has 0 fully saturated rings. The largest absolute Gasteiger partial charge is 0.384 e. The molecule has 0 atom stereocenters. The van der Waals surface area contributed by atoms with Gasteiger partial charge in [-0.2, -0.15) is 0 Å². The maximum Gasteiger partial charge on any atom is 0.221 e. The number of carbonyl (C=O) groups is 1. The number of nitrogens with one attached hydrogen (secondary N) is 2. The van der Waals surface area contributed by atoms with Crippen LogP contribution in [0.25, 0.3) is 0 Å². The van der Waals surface area contributed by atoms with Crippen LogP contribution in [0, 0.1) is 0 Å². The molecule has 0 spiro atoms. The lowest BCUT2D eigenvalue weighted by Crippen LogP contribution is -2.27. The summed E-state index contributed by atoms with van der Waals surface area (Å²) in [5, 5.41) is 6.38. The van der Waals surface area contributed by atoms with Crippen LogP contribution in [0.5, 0.6) is 0 Å². The van der Waals surface area contributed by atoms with E-state index < -0.39 is 0 Å². The van der Waals surface area contributed by atoms with Crippen LogP contribution < -0.4 is 10.6 Å². The highest BCUT2D eigenvalue weighted by molar-refractivity contribution is 5.76. The summed E-state index contributed by atoms with van der Waals surface area (Å²) < 4.78 is 0. The van der Waals surface area contributed by atoms with Crippen LogP contribution in [0.3, 0.4) is 0 Å². The SMILES string of the molecule is CC(C)(C)c1ccccc1NCCC(=O)NCCc1ccccc1. The second-order valence-corrected chi connectivity index (χ2v) is 7.06. The van der Waals surface area contributed by atoms with Crippen molar-refractivity contribution in [3.8, 4) is 0 Å². The zero-order chi connectivity index (χ0) is 17.4. The highest BCUT2D eigenvalue weighted by Gasteiger charge is 2.17. The Morgan fingerprint density at radius 3 is 2.29 bits per heavy atom. The van der Waals surface area contributed by atoms with Crippen LogP contribution >= 0.6 is 0 Å². The number of rotatable bonds is 7. The standard InChI is InChI=1S/C21H28N2O/c1-21(2,3)18-11-7-8-12-19(18)22-16-14-20(24)23-15-13-17-9-5-4-6-10-17/h4-12,22H,13-16H2,1-3H3,(H,23,24). The van der Waals surface area contributed by atoms with Gasteiger partial charge in [0.1, 0.15) is 0 Å². The van der Waals surface area contributed by atoms with Crippen LogP contribution in [0.15, 0.2) is 54.6 Å². The molecule has 0 unspecified atom stereocenters. The quantitative estimate of drug-likeness (QED) is 0.803. The molecule has 2 aromatic rings. The number of para-hydroxylation sites is 1. The van der Waals surface area contributed by atoms with E-state index in [1.807, 2.05) is 24.3 Å². The lowest BCUT2D eigenvalue weighted by molar-refractivity contribution is -0.120. The molecule has 0 aliphatic rings. The van der Waals surface area contributed by atoms with Crippen molar-refractivity contribution in [3.63, 3.8) is 0 Å². The van der Waals surface area contributed by atoms with Crippen molar-refractivity contribution in [2.24, 2.45) is 0 Å². The molecule has 3 heteroatoms. The van der Waals surface area contributed by atoms with Crippen molar-refractivity contribution < 1.29 is 4.79 Å². The van der Waals surface area contributed by atoms with Gasteiger partial charge in [-0.1, -0.05) is 69.3 Å². The predicted molar refractivity (Wildman–Crippen MR) is 101 cm³/mol. The Labute approximate surface area is 145 Å². The summed E-state index contributed by atoms with van der Waals surface area (Å²) in [5.74, 6) is 0.0895. The maximum atomic E-state index is 12.0. The minimum atomic E-state index is 0.0849. The van der Waals surface area contributed by atoms with Gasteiger partial charge in [-0.05, 0) is 29.0 Å². The van der Waals surface area contributed by atoms with Crippen LogP contribution in [0.2, 0.25) is 0 Å². The van der Waals surface area contributed by atoms with E-state index >= 15 is 0 Å². The summed E-state index contributed by atoms with van der Waals surface area (Å²) in [6.45, 7) is 7.92. The van der Waals surface area contributed by atoms with E-state index in [0.717, 1.165) is 12.1 Å². The van der Waals surface area contributed by atoms with E-state index in [-0.39, 0.29) is 11.3 Å². The summed E-state index contributed by atoms with van der Waals surface area (Å²) in [6, 6.07) is 18.5. The highest BCUT2D eigenvalue weighted by atomic mass is 16.1. The van der Waals surface area contributed by atoms with Gasteiger partial charge in [0.25, 0.3) is 0 Å². The molecule has 0 aliphatic heterocycles. The third-order valence-electron chi connectivity index (χ3n) is 3.98. The molecule has 128 valence electrons. The molecule has 0 saturated heterocycles. The van der Waals surface area contributed by atoms with E-state index in [1.54, 1.807) is 0 Å². The van der Waals surface area contributed by atoms with Crippen molar-refractivity contribution in [2.45, 2.75) is 39.0 Å². The lowest BCUT2D eigenvalue weighted by Gasteiger charge is -2.23. The fourth-order valence-electron chi connectivity index (χ4n) is 2.68. The number of hydrogen-bond donors (Lipinski definition) is 2. The van der Waals surface area contributed by atoms with Crippen molar-refractivity contribution >= 4 is 11.6 Å². The Morgan fingerprint density at radius 2 is 1.58 bits per heavy atom.